The minimum absolute atomic E-state index is 0.00558. The van der Waals surface area contributed by atoms with Gasteiger partial charge >= 0.3 is 0 Å². The van der Waals surface area contributed by atoms with Crippen molar-refractivity contribution in [1.29, 1.82) is 0 Å². The van der Waals surface area contributed by atoms with E-state index < -0.39 is 5.54 Å². The molecule has 0 spiro atoms. The first-order valence-corrected chi connectivity index (χ1v) is 27.7. The van der Waals surface area contributed by atoms with Crippen LogP contribution in [0.2, 0.25) is 0 Å². The smallest absolute Gasteiger partial charge is 0.252 e. The van der Waals surface area contributed by atoms with E-state index in [4.69, 9.17) is 4.99 Å². The molecule has 4 heterocycles. The molecule has 0 aromatic heterocycles. The molecule has 8 aromatic carbocycles. The van der Waals surface area contributed by atoms with Gasteiger partial charge in [-0.3, -0.25) is 9.98 Å². The Balaban J connectivity index is 1.09. The van der Waals surface area contributed by atoms with Crippen LogP contribution in [0.1, 0.15) is 127 Å². The lowest BCUT2D eigenvalue weighted by atomic mass is 9.33. The van der Waals surface area contributed by atoms with Crippen molar-refractivity contribution in [3.63, 3.8) is 0 Å². The van der Waals surface area contributed by atoms with Gasteiger partial charge in [-0.15, -0.1) is 0 Å². The monoisotopic (exact) mass is 992 g/mol. The second-order valence-electron chi connectivity index (χ2n) is 25.9. The van der Waals surface area contributed by atoms with Gasteiger partial charge in [0.05, 0.1) is 16.9 Å². The van der Waals surface area contributed by atoms with Gasteiger partial charge < -0.3 is 14.7 Å². The van der Waals surface area contributed by atoms with E-state index in [2.05, 4.69) is 267 Å². The maximum atomic E-state index is 4.80. The summed E-state index contributed by atoms with van der Waals surface area (Å²) in [5.74, 6) is 0. The average Bonchev–Trinajstić information content (AvgIpc) is 4.22. The molecule has 76 heavy (non-hydrogen) atoms. The van der Waals surface area contributed by atoms with Crippen LogP contribution in [0.3, 0.4) is 0 Å². The lowest BCUT2D eigenvalue weighted by Gasteiger charge is -2.51. The standard InChI is InChI=1S/C70H70BN5/c1-44-36-63-65-64(37-44)75(59-32-25-49(67(5,6)7)39-53(59)45-18-14-13-15-19-45)61-33-26-50(68(8,9)10)40-57(61)71(65)56-30-29-52(41-62(56)74(63)51-27-23-48(24-28-51)66(2,3)4)76-60-31-22-47(58-42-72-43-73-58)38-55(60)69(11)35-34-46-20-16-17-21-54(46)70(69,76)12/h13-33,36-42H,34-35,43H2,1-12H3. The first-order chi connectivity index (χ1) is 36.2. The second-order valence-corrected chi connectivity index (χ2v) is 25.9. The number of hydrogen-bond acceptors (Lipinski definition) is 5. The molecule has 13 rings (SSSR count). The highest BCUT2D eigenvalue weighted by Gasteiger charge is 2.60. The van der Waals surface area contributed by atoms with Gasteiger partial charge in [-0.25, -0.2) is 0 Å². The van der Waals surface area contributed by atoms with Crippen molar-refractivity contribution in [1.82, 2.24) is 0 Å². The molecule has 6 heteroatoms. The SMILES string of the molecule is Cc1cc2c3c(c1)N(c1ccc(C(C)(C)C)cc1-c1ccccc1)c1ccc(C(C)(C)C)cc1B3c1ccc(N3c4ccc(C5=NCN=C5)cc4C4(C)CCc5ccccc5C34C)cc1N2c1ccc(C(C)(C)C)cc1. The first kappa shape index (κ1) is 48.2. The third kappa shape index (κ3) is 7.18. The van der Waals surface area contributed by atoms with Crippen molar-refractivity contribution in [2.45, 2.75) is 123 Å². The number of nitrogens with zero attached hydrogens (tertiary/aromatic N) is 5. The molecule has 0 N–H and O–H groups in total. The van der Waals surface area contributed by atoms with Crippen molar-refractivity contribution in [3.8, 4) is 11.1 Å². The van der Waals surface area contributed by atoms with Crippen molar-refractivity contribution in [2.75, 3.05) is 21.4 Å². The quantitative estimate of drug-likeness (QED) is 0.161. The van der Waals surface area contributed by atoms with Gasteiger partial charge in [0.15, 0.2) is 0 Å². The Hall–Kier alpha value is -7.44. The van der Waals surface area contributed by atoms with Crippen LogP contribution in [0.15, 0.2) is 174 Å². The first-order valence-electron chi connectivity index (χ1n) is 27.7. The van der Waals surface area contributed by atoms with Crippen molar-refractivity contribution < 1.29 is 0 Å². The summed E-state index contributed by atoms with van der Waals surface area (Å²) in [5, 5.41) is 0. The Kier molecular flexibility index (Phi) is 10.6. The molecule has 8 aromatic rings. The minimum atomic E-state index is -0.392. The van der Waals surface area contributed by atoms with E-state index in [1.807, 2.05) is 6.21 Å². The van der Waals surface area contributed by atoms with Gasteiger partial charge in [0, 0.05) is 62.6 Å². The van der Waals surface area contributed by atoms with Gasteiger partial charge in [-0.1, -0.05) is 166 Å². The number of aryl methyl sites for hydroxylation is 2. The van der Waals surface area contributed by atoms with Crippen LogP contribution in [0.4, 0.5) is 45.5 Å². The molecule has 0 bridgehead atoms. The average molecular weight is 992 g/mol. The molecule has 0 amide bonds. The van der Waals surface area contributed by atoms with Gasteiger partial charge in [0.2, 0.25) is 0 Å². The zero-order valence-corrected chi connectivity index (χ0v) is 46.6. The second kappa shape index (κ2) is 16.8. The van der Waals surface area contributed by atoms with E-state index in [1.54, 1.807) is 0 Å². The van der Waals surface area contributed by atoms with Crippen molar-refractivity contribution in [3.05, 3.63) is 208 Å². The Labute approximate surface area is 452 Å². The Bertz CT molecular complexity index is 3750. The Morgan fingerprint density at radius 3 is 1.83 bits per heavy atom. The van der Waals surface area contributed by atoms with Crippen LogP contribution in [0.25, 0.3) is 11.1 Å². The highest BCUT2D eigenvalue weighted by Crippen LogP contribution is 2.64. The molecule has 0 saturated carbocycles. The summed E-state index contributed by atoms with van der Waals surface area (Å²) in [7, 11) is 0. The summed E-state index contributed by atoms with van der Waals surface area (Å²) < 4.78 is 0. The fourth-order valence-corrected chi connectivity index (χ4v) is 13.7. The van der Waals surface area contributed by atoms with Gasteiger partial charge in [-0.05, 0) is 171 Å². The number of anilines is 8. The number of rotatable bonds is 5. The fourth-order valence-electron chi connectivity index (χ4n) is 13.7. The largest absolute Gasteiger partial charge is 0.330 e. The summed E-state index contributed by atoms with van der Waals surface area (Å²) in [6.45, 7) is 28.7. The van der Waals surface area contributed by atoms with E-state index in [0.29, 0.717) is 6.67 Å². The van der Waals surface area contributed by atoms with Crippen LogP contribution in [-0.4, -0.2) is 25.3 Å². The molecular formula is C70H70BN5. The van der Waals surface area contributed by atoms with E-state index >= 15 is 0 Å². The number of aliphatic imine (C=N–C) groups is 2. The number of hydrogen-bond donors (Lipinski definition) is 0. The summed E-state index contributed by atoms with van der Waals surface area (Å²) in [6, 6.07) is 63.8. The molecule has 0 radical (unpaired) electrons. The van der Waals surface area contributed by atoms with Gasteiger partial charge in [0.1, 0.15) is 6.67 Å². The molecule has 4 aliphatic heterocycles. The van der Waals surface area contributed by atoms with Crippen LogP contribution in [-0.2, 0) is 33.6 Å². The van der Waals surface area contributed by atoms with Crippen molar-refractivity contribution in [2.24, 2.45) is 9.98 Å². The molecule has 0 fully saturated rings. The van der Waals surface area contributed by atoms with E-state index in [1.165, 1.54) is 106 Å². The van der Waals surface area contributed by atoms with Crippen LogP contribution in [0.5, 0.6) is 0 Å². The summed E-state index contributed by atoms with van der Waals surface area (Å²) >= 11 is 0. The maximum Gasteiger partial charge on any atom is 0.252 e. The summed E-state index contributed by atoms with van der Waals surface area (Å²) in [6.07, 6.45) is 4.02. The Morgan fingerprint density at radius 1 is 0.500 bits per heavy atom. The van der Waals surface area contributed by atoms with E-state index in [-0.39, 0.29) is 28.4 Å². The Morgan fingerprint density at radius 2 is 1.13 bits per heavy atom. The zero-order valence-electron chi connectivity index (χ0n) is 46.6. The summed E-state index contributed by atoms with van der Waals surface area (Å²) in [5.41, 5.74) is 26.9. The fraction of sp³-hybridized carbons (Fsp3) is 0.286. The maximum absolute atomic E-state index is 4.80. The van der Waals surface area contributed by atoms with Crippen LogP contribution in [0, 0.1) is 6.92 Å². The van der Waals surface area contributed by atoms with Gasteiger partial charge in [-0.2, -0.15) is 0 Å². The predicted molar refractivity (Wildman–Crippen MR) is 325 cm³/mol. The van der Waals surface area contributed by atoms with Crippen molar-refractivity contribution >= 4 is 80.5 Å². The normalized spacial score (nSPS) is 19.2. The number of fused-ring (bicyclic) bond motifs is 9. The number of benzene rings is 8. The molecule has 5 aliphatic rings. The van der Waals surface area contributed by atoms with Crippen LogP contribution >= 0.6 is 0 Å². The molecular weight excluding hydrogens is 922 g/mol. The topological polar surface area (TPSA) is 34.4 Å². The molecule has 0 saturated heterocycles. The highest BCUT2D eigenvalue weighted by atomic mass is 15.3. The minimum Gasteiger partial charge on any atom is -0.330 e. The highest BCUT2D eigenvalue weighted by molar-refractivity contribution is 7.00. The lowest BCUT2D eigenvalue weighted by molar-refractivity contribution is 0.245. The zero-order chi connectivity index (χ0) is 52.8. The van der Waals surface area contributed by atoms with E-state index in [0.717, 1.165) is 29.8 Å². The predicted octanol–water partition coefficient (Wildman–Crippen LogP) is 15.7. The van der Waals surface area contributed by atoms with E-state index in [9.17, 15) is 0 Å². The molecule has 2 unspecified atom stereocenters. The van der Waals surface area contributed by atoms with Crippen LogP contribution < -0.4 is 31.1 Å². The molecule has 1 aliphatic carbocycles. The lowest BCUT2D eigenvalue weighted by Crippen LogP contribution is -2.61. The summed E-state index contributed by atoms with van der Waals surface area (Å²) in [4.78, 5) is 17.2. The molecule has 378 valence electrons. The molecule has 5 nitrogen and oxygen atoms in total. The molecule has 2 atom stereocenters. The van der Waals surface area contributed by atoms with Gasteiger partial charge in [0.25, 0.3) is 6.71 Å². The third-order valence-electron chi connectivity index (χ3n) is 18.1. The third-order valence-corrected chi connectivity index (χ3v) is 18.1.